The van der Waals surface area contributed by atoms with Crippen LogP contribution in [0.4, 0.5) is 11.6 Å². The molecule has 1 fully saturated rings. The van der Waals surface area contributed by atoms with Crippen LogP contribution in [0.15, 0.2) is 97.6 Å². The van der Waals surface area contributed by atoms with Gasteiger partial charge >= 0.3 is 0 Å². The Kier molecular flexibility index (Phi) is 10.8. The Bertz CT molecular complexity index is 1180. The number of carbonyl (C=O) groups is 1. The highest BCUT2D eigenvalue weighted by Gasteiger charge is 2.29. The van der Waals surface area contributed by atoms with E-state index in [0.29, 0.717) is 17.3 Å². The van der Waals surface area contributed by atoms with E-state index in [9.17, 15) is 4.79 Å². The van der Waals surface area contributed by atoms with E-state index in [1.807, 2.05) is 69.6 Å². The highest BCUT2D eigenvalue weighted by Crippen LogP contribution is 2.31. The number of nitrogens with one attached hydrogen (secondary N) is 1. The summed E-state index contributed by atoms with van der Waals surface area (Å²) in [5.74, 6) is 2.21. The van der Waals surface area contributed by atoms with Crippen molar-refractivity contribution < 1.29 is 4.79 Å². The molecule has 1 saturated carbocycles. The predicted molar refractivity (Wildman–Crippen MR) is 153 cm³/mol. The highest BCUT2D eigenvalue weighted by molar-refractivity contribution is 6.07. The maximum absolute atomic E-state index is 12.7. The third-order valence-electron chi connectivity index (χ3n) is 5.84. The van der Waals surface area contributed by atoms with Crippen LogP contribution in [0.5, 0.6) is 0 Å². The summed E-state index contributed by atoms with van der Waals surface area (Å²) in [4.78, 5) is 27.3. The molecule has 6 heteroatoms. The molecule has 192 valence electrons. The summed E-state index contributed by atoms with van der Waals surface area (Å²) >= 11 is 0. The number of allylic oxidation sites excluding steroid dienone is 3. The first kappa shape index (κ1) is 27.5. The van der Waals surface area contributed by atoms with E-state index in [4.69, 9.17) is 0 Å². The zero-order chi connectivity index (χ0) is 26.5. The van der Waals surface area contributed by atoms with E-state index >= 15 is 0 Å². The summed E-state index contributed by atoms with van der Waals surface area (Å²) in [7, 11) is 0. The van der Waals surface area contributed by atoms with Crippen molar-refractivity contribution in [3.05, 3.63) is 114 Å². The number of pyridine rings is 3. The Morgan fingerprint density at radius 1 is 1.08 bits per heavy atom. The monoisotopic (exact) mass is 495 g/mol. The molecular weight excluding hydrogens is 458 g/mol. The molecule has 6 nitrogen and oxygen atoms in total. The Labute approximate surface area is 220 Å². The largest absolute Gasteiger partial charge is 0.370 e. The van der Waals surface area contributed by atoms with Crippen molar-refractivity contribution in [3.63, 3.8) is 0 Å². The maximum Gasteiger partial charge on any atom is 0.259 e. The molecule has 1 amide bonds. The molecule has 1 aliphatic carbocycles. The quantitative estimate of drug-likeness (QED) is 0.265. The lowest BCUT2D eigenvalue weighted by molar-refractivity contribution is -0.114. The molecule has 0 radical (unpaired) electrons. The maximum atomic E-state index is 12.7. The van der Waals surface area contributed by atoms with Gasteiger partial charge in [0.1, 0.15) is 11.6 Å². The summed E-state index contributed by atoms with van der Waals surface area (Å²) in [6, 6.07) is 12.0. The molecule has 3 aromatic rings. The first-order valence-corrected chi connectivity index (χ1v) is 12.8. The second kappa shape index (κ2) is 14.5. The molecule has 1 N–H and O–H groups in total. The van der Waals surface area contributed by atoms with Crippen molar-refractivity contribution >= 4 is 17.5 Å². The van der Waals surface area contributed by atoms with E-state index in [0.717, 1.165) is 30.9 Å². The van der Waals surface area contributed by atoms with Gasteiger partial charge < -0.3 is 5.32 Å². The van der Waals surface area contributed by atoms with Crippen LogP contribution in [0.3, 0.4) is 0 Å². The molecule has 3 aromatic heterocycles. The van der Waals surface area contributed by atoms with E-state index in [2.05, 4.69) is 39.0 Å². The van der Waals surface area contributed by atoms with Gasteiger partial charge in [0, 0.05) is 43.4 Å². The minimum absolute atomic E-state index is 0.0358. The summed E-state index contributed by atoms with van der Waals surface area (Å²) in [5, 5.41) is 3.28. The van der Waals surface area contributed by atoms with E-state index < -0.39 is 0 Å². The van der Waals surface area contributed by atoms with E-state index in [1.165, 1.54) is 24.0 Å². The van der Waals surface area contributed by atoms with Crippen LogP contribution in [-0.4, -0.2) is 33.9 Å². The summed E-state index contributed by atoms with van der Waals surface area (Å²) in [5.41, 5.74) is 4.10. The van der Waals surface area contributed by atoms with Gasteiger partial charge in [-0.05, 0) is 86.9 Å². The number of carbonyl (C=O) groups excluding carboxylic acids is 1. The SMILES string of the molecule is C=C/C(=C\C=C/C)C(=O)N(CC1CC1)c1ccc(C)cn1.Cc1ccc(NCCc2cccnc2)nc1. The topological polar surface area (TPSA) is 71.0 Å². The van der Waals surface area contributed by atoms with E-state index in [-0.39, 0.29) is 5.91 Å². The highest BCUT2D eigenvalue weighted by atomic mass is 16.2. The zero-order valence-electron chi connectivity index (χ0n) is 22.1. The number of rotatable bonds is 10. The van der Waals surface area contributed by atoms with Crippen LogP contribution in [-0.2, 0) is 11.2 Å². The fourth-order valence-corrected chi connectivity index (χ4v) is 3.49. The number of hydrogen-bond acceptors (Lipinski definition) is 5. The minimum atomic E-state index is -0.0358. The average Bonchev–Trinajstić information content (AvgIpc) is 3.75. The van der Waals surface area contributed by atoms with Gasteiger partial charge in [-0.15, -0.1) is 0 Å². The van der Waals surface area contributed by atoms with Gasteiger partial charge in [0.2, 0.25) is 0 Å². The van der Waals surface area contributed by atoms with Crippen LogP contribution in [0.1, 0.15) is 36.5 Å². The Hall–Kier alpha value is -4.06. The van der Waals surface area contributed by atoms with Crippen LogP contribution in [0.2, 0.25) is 0 Å². The number of hydrogen-bond donors (Lipinski definition) is 1. The second-order valence-corrected chi connectivity index (χ2v) is 9.16. The first-order valence-electron chi connectivity index (χ1n) is 12.8. The van der Waals surface area contributed by atoms with Gasteiger partial charge in [0.25, 0.3) is 5.91 Å². The molecule has 3 heterocycles. The lowest BCUT2D eigenvalue weighted by atomic mass is 10.2. The molecule has 0 saturated heterocycles. The van der Waals surface area contributed by atoms with Gasteiger partial charge in [0.15, 0.2) is 0 Å². The first-order chi connectivity index (χ1) is 18.0. The molecule has 0 bridgehead atoms. The van der Waals surface area contributed by atoms with Crippen molar-refractivity contribution in [2.45, 2.75) is 40.0 Å². The number of anilines is 2. The third kappa shape index (κ3) is 9.49. The molecule has 0 atom stereocenters. The van der Waals surface area contributed by atoms with Gasteiger partial charge in [0.05, 0.1) is 0 Å². The Balaban J connectivity index is 0.000000213. The van der Waals surface area contributed by atoms with Gasteiger partial charge in [-0.3, -0.25) is 14.7 Å². The fourth-order valence-electron chi connectivity index (χ4n) is 3.49. The molecule has 0 spiro atoms. The van der Waals surface area contributed by atoms with Gasteiger partial charge in [-0.1, -0.05) is 43.0 Å². The standard InChI is InChI=1S/C18H22N2O.C13H15N3/c1-4-6-7-16(5-2)18(21)20(13-15-9-10-15)17-11-8-14(3)12-19-17;1-11-4-5-13(16-9-11)15-8-6-12-3-2-7-14-10-12/h4-8,11-12,15H,2,9-10,13H2,1,3H3;2-5,7,9-10H,6,8H2,1H3,(H,15,16)/b6-4-,16-7+;. The summed E-state index contributed by atoms with van der Waals surface area (Å²) in [6.45, 7) is 11.3. The number of aromatic nitrogens is 3. The van der Waals surface area contributed by atoms with Crippen LogP contribution in [0, 0.1) is 19.8 Å². The summed E-state index contributed by atoms with van der Waals surface area (Å²) in [6.07, 6.45) is 17.8. The molecule has 4 rings (SSSR count). The number of amides is 1. The van der Waals surface area contributed by atoms with Crippen molar-refractivity contribution in [2.24, 2.45) is 5.92 Å². The predicted octanol–water partition coefficient (Wildman–Crippen LogP) is 6.26. The molecule has 0 unspecified atom stereocenters. The normalized spacial score (nSPS) is 13.0. The zero-order valence-corrected chi connectivity index (χ0v) is 22.1. The molecular formula is C31H37N5O. The fraction of sp³-hybridized carbons (Fsp3) is 0.290. The smallest absolute Gasteiger partial charge is 0.259 e. The molecule has 1 aliphatic rings. The third-order valence-corrected chi connectivity index (χ3v) is 5.84. The molecule has 0 aromatic carbocycles. The van der Waals surface area contributed by atoms with E-state index in [1.54, 1.807) is 29.4 Å². The van der Waals surface area contributed by atoms with Crippen molar-refractivity contribution in [3.8, 4) is 0 Å². The van der Waals surface area contributed by atoms with Crippen molar-refractivity contribution in [1.29, 1.82) is 0 Å². The molecule has 37 heavy (non-hydrogen) atoms. The minimum Gasteiger partial charge on any atom is -0.370 e. The summed E-state index contributed by atoms with van der Waals surface area (Å²) < 4.78 is 0. The van der Waals surface area contributed by atoms with Gasteiger partial charge in [-0.25, -0.2) is 9.97 Å². The van der Waals surface area contributed by atoms with Gasteiger partial charge in [-0.2, -0.15) is 0 Å². The molecule has 0 aliphatic heterocycles. The second-order valence-electron chi connectivity index (χ2n) is 9.16. The Morgan fingerprint density at radius 3 is 2.41 bits per heavy atom. The van der Waals surface area contributed by atoms with Crippen LogP contribution in [0.25, 0.3) is 0 Å². The van der Waals surface area contributed by atoms with Crippen LogP contribution < -0.4 is 10.2 Å². The van der Waals surface area contributed by atoms with Crippen LogP contribution >= 0.6 is 0 Å². The lowest BCUT2D eigenvalue weighted by Crippen LogP contribution is -2.34. The Morgan fingerprint density at radius 2 is 1.84 bits per heavy atom. The number of aryl methyl sites for hydroxylation is 2. The van der Waals surface area contributed by atoms with Crippen molar-refractivity contribution in [2.75, 3.05) is 23.3 Å². The number of nitrogens with zero attached hydrogens (tertiary/aromatic N) is 4. The average molecular weight is 496 g/mol. The lowest BCUT2D eigenvalue weighted by Gasteiger charge is -2.22. The van der Waals surface area contributed by atoms with Crippen molar-refractivity contribution in [1.82, 2.24) is 15.0 Å².